The van der Waals surface area contributed by atoms with Crippen molar-refractivity contribution < 1.29 is 47.6 Å². The van der Waals surface area contributed by atoms with E-state index in [2.05, 4.69) is 23.4 Å². The van der Waals surface area contributed by atoms with E-state index in [0.29, 0.717) is 62.2 Å². The monoisotopic (exact) mass is 844 g/mol. The third kappa shape index (κ3) is 17.8. The molecule has 0 spiro atoms. The minimum absolute atomic E-state index is 0.115. The fraction of sp³-hybridized carbons (Fsp3) is 0.208. The molecule has 4 aromatic carbocycles. The van der Waals surface area contributed by atoms with Crippen molar-refractivity contribution in [2.24, 2.45) is 10.2 Å². The zero-order chi connectivity index (χ0) is 43.7. The molecule has 4 aromatic rings. The Hall–Kier alpha value is -6.99. The average molecular weight is 845 g/mol. The van der Waals surface area contributed by atoms with Crippen LogP contribution in [-0.4, -0.2) is 68.5 Å². The van der Waals surface area contributed by atoms with E-state index in [1.165, 1.54) is 19.3 Å². The Kier molecular flexibility index (Phi) is 20.0. The van der Waals surface area contributed by atoms with Crippen LogP contribution in [0.4, 0.5) is 0 Å². The number of carbonyl (C=O) groups excluding carboxylic acids is 4. The molecule has 4 rings (SSSR count). The number of thioether (sulfide) groups is 1. The van der Waals surface area contributed by atoms with Crippen molar-refractivity contribution in [3.05, 3.63) is 151 Å². The molecule has 0 unspecified atom stereocenters. The van der Waals surface area contributed by atoms with Crippen molar-refractivity contribution in [1.29, 1.82) is 0 Å². The van der Waals surface area contributed by atoms with Crippen LogP contribution >= 0.6 is 11.8 Å². The molecule has 0 heterocycles. The van der Waals surface area contributed by atoms with E-state index in [-0.39, 0.29) is 10.9 Å². The van der Waals surface area contributed by atoms with Crippen LogP contribution in [-0.2, 0) is 28.7 Å². The molecule has 13 heteroatoms. The molecule has 61 heavy (non-hydrogen) atoms. The van der Waals surface area contributed by atoms with Gasteiger partial charge in [-0.05, 0) is 128 Å². The van der Waals surface area contributed by atoms with E-state index in [1.807, 2.05) is 60.7 Å². The molecular formula is C48H48N2O10S. The normalized spacial score (nSPS) is 11.3. The number of unbranched alkanes of at least 4 members (excludes halogenated alkanes) is 2. The Morgan fingerprint density at radius 3 is 1.69 bits per heavy atom. The summed E-state index contributed by atoms with van der Waals surface area (Å²) >= 11 is 1.11. The molecule has 0 atom stereocenters. The topological polar surface area (TPSA) is 148 Å². The summed E-state index contributed by atoms with van der Waals surface area (Å²) < 4.78 is 32.3. The Bertz CT molecular complexity index is 2210. The van der Waals surface area contributed by atoms with Gasteiger partial charge in [-0.1, -0.05) is 55.6 Å². The van der Waals surface area contributed by atoms with Crippen LogP contribution in [0.25, 0.3) is 12.2 Å². The number of nitrogens with zero attached hydrogens (tertiary/aromatic N) is 2. The van der Waals surface area contributed by atoms with E-state index in [1.54, 1.807) is 55.6 Å². The lowest BCUT2D eigenvalue weighted by Crippen LogP contribution is -2.06. The molecule has 0 saturated carbocycles. The quantitative estimate of drug-likeness (QED) is 0.0126. The second-order valence-corrected chi connectivity index (χ2v) is 13.9. The molecule has 0 N–H and O–H groups in total. The molecule has 0 fully saturated rings. The predicted molar refractivity (Wildman–Crippen MR) is 238 cm³/mol. The summed E-state index contributed by atoms with van der Waals surface area (Å²) in [6, 6.07) is 27.2. The van der Waals surface area contributed by atoms with Crippen molar-refractivity contribution in [2.75, 3.05) is 33.5 Å². The first-order valence-corrected chi connectivity index (χ1v) is 20.2. The number of hydrogen-bond donors (Lipinski definition) is 0. The lowest BCUT2D eigenvalue weighted by atomic mass is 10.1. The van der Waals surface area contributed by atoms with Gasteiger partial charge in [0.25, 0.3) is 0 Å². The highest BCUT2D eigenvalue weighted by molar-refractivity contribution is 8.14. The maximum Gasteiger partial charge on any atom is 0.336 e. The molecule has 0 saturated heterocycles. The van der Waals surface area contributed by atoms with E-state index >= 15 is 0 Å². The number of benzene rings is 4. The van der Waals surface area contributed by atoms with Gasteiger partial charge in [0.05, 0.1) is 45.5 Å². The Balaban J connectivity index is 1.19. The van der Waals surface area contributed by atoms with Crippen LogP contribution in [0.3, 0.4) is 0 Å². The molecule has 0 aliphatic rings. The standard InChI is InChI=1S/C48H48N2O10S/c1-5-45(51)58-31-9-7-29-56-40-20-11-36(12-21-40)17-27-47(53)60-43-26-19-39(33-44(43)55-4)35(3)50-49-34-38-15-24-42(25-16-38)61-48(54)28-18-37-13-22-41(23-14-37)57-30-8-10-32-59-46(52)6-2/h5-6,11-28,33-34H,1-2,7-10,29-32H2,3-4H3. The SMILES string of the molecule is C=CC(=O)OCCCCOc1ccc(C=CC(=O)Oc2ccc(C(C)=NN=Cc3ccc(SC(=O)C=Cc4ccc(OCCCCOC(=O)C=C)cc4)cc3)cc2OC)cc1. The van der Waals surface area contributed by atoms with Gasteiger partial charge in [0.1, 0.15) is 11.5 Å². The maximum atomic E-state index is 12.6. The number of rotatable bonds is 24. The molecule has 0 bridgehead atoms. The predicted octanol–water partition coefficient (Wildman–Crippen LogP) is 9.27. The van der Waals surface area contributed by atoms with Gasteiger partial charge < -0.3 is 28.4 Å². The number of carbonyl (C=O) groups is 4. The fourth-order valence-electron chi connectivity index (χ4n) is 5.06. The highest BCUT2D eigenvalue weighted by atomic mass is 32.2. The summed E-state index contributed by atoms with van der Waals surface area (Å²) in [5, 5.41) is 8.42. The minimum atomic E-state index is -0.576. The van der Waals surface area contributed by atoms with Crippen molar-refractivity contribution in [3.63, 3.8) is 0 Å². The van der Waals surface area contributed by atoms with Gasteiger partial charge in [-0.2, -0.15) is 10.2 Å². The Morgan fingerprint density at radius 2 is 1.15 bits per heavy atom. The Labute approximate surface area is 360 Å². The zero-order valence-corrected chi connectivity index (χ0v) is 35.0. The van der Waals surface area contributed by atoms with Gasteiger partial charge in [0.2, 0.25) is 5.12 Å². The van der Waals surface area contributed by atoms with Crippen molar-refractivity contribution >= 4 is 58.9 Å². The van der Waals surface area contributed by atoms with E-state index in [4.69, 9.17) is 28.4 Å². The van der Waals surface area contributed by atoms with Gasteiger partial charge in [0.15, 0.2) is 11.5 Å². The first kappa shape index (κ1) is 46.7. The summed E-state index contributed by atoms with van der Waals surface area (Å²) in [5.74, 6) is 0.566. The first-order valence-electron chi connectivity index (χ1n) is 19.4. The van der Waals surface area contributed by atoms with E-state index in [0.717, 1.165) is 63.9 Å². The first-order chi connectivity index (χ1) is 29.6. The largest absolute Gasteiger partial charge is 0.494 e. The van der Waals surface area contributed by atoms with Crippen molar-refractivity contribution in [2.45, 2.75) is 37.5 Å². The summed E-state index contributed by atoms with van der Waals surface area (Å²) in [6.07, 6.45) is 13.0. The summed E-state index contributed by atoms with van der Waals surface area (Å²) in [5.41, 5.74) is 3.79. The lowest BCUT2D eigenvalue weighted by molar-refractivity contribution is -0.138. The van der Waals surface area contributed by atoms with Crippen LogP contribution in [0.1, 0.15) is 54.9 Å². The highest BCUT2D eigenvalue weighted by Gasteiger charge is 2.11. The maximum absolute atomic E-state index is 12.6. The fourth-order valence-corrected chi connectivity index (χ4v) is 5.70. The van der Waals surface area contributed by atoms with Gasteiger partial charge in [-0.15, -0.1) is 0 Å². The molecule has 0 aliphatic heterocycles. The molecule has 0 radical (unpaired) electrons. The number of hydrogen-bond acceptors (Lipinski definition) is 13. The smallest absolute Gasteiger partial charge is 0.336 e. The molecule has 12 nitrogen and oxygen atoms in total. The number of ether oxygens (including phenoxy) is 6. The van der Waals surface area contributed by atoms with Gasteiger partial charge >= 0.3 is 17.9 Å². The molecular weight excluding hydrogens is 797 g/mol. The van der Waals surface area contributed by atoms with Crippen LogP contribution in [0, 0.1) is 0 Å². The van der Waals surface area contributed by atoms with Crippen LogP contribution in [0.2, 0.25) is 0 Å². The molecule has 316 valence electrons. The highest BCUT2D eigenvalue weighted by Crippen LogP contribution is 2.29. The van der Waals surface area contributed by atoms with Crippen molar-refractivity contribution in [3.8, 4) is 23.0 Å². The van der Waals surface area contributed by atoms with E-state index < -0.39 is 17.9 Å². The zero-order valence-electron chi connectivity index (χ0n) is 34.2. The van der Waals surface area contributed by atoms with Crippen LogP contribution in [0.5, 0.6) is 23.0 Å². The molecule has 0 amide bonds. The van der Waals surface area contributed by atoms with Gasteiger partial charge in [0, 0.05) is 28.7 Å². The third-order valence-electron chi connectivity index (χ3n) is 8.33. The Morgan fingerprint density at radius 1 is 0.623 bits per heavy atom. The minimum Gasteiger partial charge on any atom is -0.494 e. The summed E-state index contributed by atoms with van der Waals surface area (Å²) in [4.78, 5) is 48.1. The van der Waals surface area contributed by atoms with Crippen molar-refractivity contribution in [1.82, 2.24) is 0 Å². The van der Waals surface area contributed by atoms with Crippen LogP contribution in [0.15, 0.2) is 144 Å². The summed E-state index contributed by atoms with van der Waals surface area (Å²) in [6.45, 7) is 10.2. The van der Waals surface area contributed by atoms with Gasteiger partial charge in [-0.3, -0.25) is 4.79 Å². The summed E-state index contributed by atoms with van der Waals surface area (Å²) in [7, 11) is 1.49. The second kappa shape index (κ2) is 26.2. The third-order valence-corrected chi connectivity index (χ3v) is 9.17. The lowest BCUT2D eigenvalue weighted by Gasteiger charge is -2.10. The van der Waals surface area contributed by atoms with Gasteiger partial charge in [-0.25, -0.2) is 14.4 Å². The second-order valence-electron chi connectivity index (χ2n) is 12.9. The molecule has 0 aromatic heterocycles. The average Bonchev–Trinajstić information content (AvgIpc) is 3.28. The molecule has 0 aliphatic carbocycles. The van der Waals surface area contributed by atoms with E-state index in [9.17, 15) is 19.2 Å². The van der Waals surface area contributed by atoms with Crippen LogP contribution < -0.4 is 18.9 Å². The number of esters is 3. The number of methoxy groups -OCH3 is 1.